The maximum absolute atomic E-state index is 10.5. The molecule has 6 heteroatoms. The zero-order chi connectivity index (χ0) is 11.3. The van der Waals surface area contributed by atoms with E-state index in [2.05, 4.69) is 5.18 Å². The lowest BCUT2D eigenvalue weighted by Gasteiger charge is -2.13. The van der Waals surface area contributed by atoms with Crippen molar-refractivity contribution in [2.75, 3.05) is 0 Å². The van der Waals surface area contributed by atoms with Gasteiger partial charge in [0.15, 0.2) is 0 Å². The van der Waals surface area contributed by atoms with Crippen LogP contribution in [0.4, 0.5) is 0 Å². The highest BCUT2D eigenvalue weighted by atomic mass is 16.6. The molecule has 0 aromatic rings. The first-order chi connectivity index (χ1) is 7.13. The second-order valence-corrected chi connectivity index (χ2v) is 3.26. The van der Waals surface area contributed by atoms with Gasteiger partial charge >= 0.3 is 5.91 Å². The van der Waals surface area contributed by atoms with Crippen LogP contribution in [0.3, 0.4) is 0 Å². The third kappa shape index (κ3) is 3.41. The molecule has 0 aromatic heterocycles. The first kappa shape index (κ1) is 11.2. The maximum Gasteiger partial charge on any atom is 0.309 e. The normalized spacial score (nSPS) is 21.1. The van der Waals surface area contributed by atoms with Crippen LogP contribution in [0.1, 0.15) is 19.3 Å². The van der Waals surface area contributed by atoms with Crippen molar-refractivity contribution < 1.29 is 9.72 Å². The Morgan fingerprint density at radius 3 is 3.00 bits per heavy atom. The molecule has 1 unspecified atom stereocenters. The lowest BCUT2D eigenvalue weighted by atomic mass is 9.95. The van der Waals surface area contributed by atoms with E-state index in [1.807, 2.05) is 6.08 Å². The molecule has 0 aliphatic heterocycles. The maximum atomic E-state index is 10.5. The highest BCUT2D eigenvalue weighted by Crippen LogP contribution is 2.21. The van der Waals surface area contributed by atoms with Gasteiger partial charge in [0.25, 0.3) is 0 Å². The van der Waals surface area contributed by atoms with Gasteiger partial charge in [0.1, 0.15) is 0 Å². The quantitative estimate of drug-likeness (QED) is 0.306. The molecule has 0 aromatic carbocycles. The van der Waals surface area contributed by atoms with E-state index in [1.54, 1.807) is 0 Å². The standard InChI is InChI=1S/C9H10N2O4/c12-9(10-13)5-4-7-2-1-3-8(6-7)11(14)15/h2,4-5,8H,1,3,6H2/b5-4+. The van der Waals surface area contributed by atoms with E-state index >= 15 is 0 Å². The van der Waals surface area contributed by atoms with Crippen LogP contribution in [0, 0.1) is 15.0 Å². The lowest BCUT2D eigenvalue weighted by Crippen LogP contribution is -2.21. The molecule has 1 aliphatic rings. The summed E-state index contributed by atoms with van der Waals surface area (Å²) in [4.78, 5) is 30.5. The molecule has 0 N–H and O–H groups in total. The molecule has 0 bridgehead atoms. The average Bonchev–Trinajstić information content (AvgIpc) is 2.26. The van der Waals surface area contributed by atoms with E-state index in [0.29, 0.717) is 24.8 Å². The molecule has 0 heterocycles. The van der Waals surface area contributed by atoms with Gasteiger partial charge in [-0.25, -0.2) is 0 Å². The number of hydrogen-bond acceptors (Lipinski definition) is 4. The number of allylic oxidation sites excluding steroid dienone is 2. The van der Waals surface area contributed by atoms with Gasteiger partial charge < -0.3 is 0 Å². The lowest BCUT2D eigenvalue weighted by molar-refractivity contribution is -0.523. The molecule has 15 heavy (non-hydrogen) atoms. The topological polar surface area (TPSA) is 89.6 Å². The van der Waals surface area contributed by atoms with Gasteiger partial charge in [0.2, 0.25) is 6.04 Å². The van der Waals surface area contributed by atoms with E-state index in [0.717, 1.165) is 6.08 Å². The number of amides is 1. The highest BCUT2D eigenvalue weighted by Gasteiger charge is 2.23. The van der Waals surface area contributed by atoms with Crippen molar-refractivity contribution in [1.82, 2.24) is 0 Å². The molecule has 0 spiro atoms. The number of nitrogens with zero attached hydrogens (tertiary/aromatic N) is 2. The summed E-state index contributed by atoms with van der Waals surface area (Å²) in [5.41, 5.74) is 0.708. The van der Waals surface area contributed by atoms with Crippen molar-refractivity contribution in [2.24, 2.45) is 5.18 Å². The Hall–Kier alpha value is -1.85. The Kier molecular flexibility index (Phi) is 3.84. The Labute approximate surface area is 85.8 Å². The molecule has 6 nitrogen and oxygen atoms in total. The summed E-state index contributed by atoms with van der Waals surface area (Å²) in [5, 5.41) is 12.7. The zero-order valence-corrected chi connectivity index (χ0v) is 7.96. The Morgan fingerprint density at radius 1 is 1.67 bits per heavy atom. The monoisotopic (exact) mass is 210 g/mol. The fraction of sp³-hybridized carbons (Fsp3) is 0.444. The van der Waals surface area contributed by atoms with Crippen LogP contribution in [0.15, 0.2) is 29.0 Å². The van der Waals surface area contributed by atoms with Crippen molar-refractivity contribution in [2.45, 2.75) is 25.3 Å². The summed E-state index contributed by atoms with van der Waals surface area (Å²) < 4.78 is 0. The van der Waals surface area contributed by atoms with Gasteiger partial charge in [-0.15, -0.1) is 4.91 Å². The van der Waals surface area contributed by atoms with Crippen LogP contribution in [0.2, 0.25) is 0 Å². The van der Waals surface area contributed by atoms with Gasteiger partial charge in [-0.3, -0.25) is 14.9 Å². The number of nitro groups is 1. The van der Waals surface area contributed by atoms with Crippen molar-refractivity contribution in [1.29, 1.82) is 0 Å². The second kappa shape index (κ2) is 5.14. The van der Waals surface area contributed by atoms with Crippen LogP contribution in [-0.2, 0) is 4.79 Å². The van der Waals surface area contributed by atoms with E-state index in [-0.39, 0.29) is 4.92 Å². The molecular formula is C9H10N2O4. The first-order valence-electron chi connectivity index (χ1n) is 4.51. The molecule has 0 radical (unpaired) electrons. The number of hydrogen-bond donors (Lipinski definition) is 0. The average molecular weight is 210 g/mol. The van der Waals surface area contributed by atoms with Gasteiger partial charge in [-0.05, 0) is 12.0 Å². The van der Waals surface area contributed by atoms with Gasteiger partial charge in [0, 0.05) is 29.0 Å². The van der Waals surface area contributed by atoms with Gasteiger partial charge in [-0.2, -0.15) is 0 Å². The van der Waals surface area contributed by atoms with Crippen LogP contribution in [-0.4, -0.2) is 16.9 Å². The molecule has 0 saturated carbocycles. The predicted molar refractivity (Wildman–Crippen MR) is 52.7 cm³/mol. The molecule has 1 aliphatic carbocycles. The first-order valence-corrected chi connectivity index (χ1v) is 4.51. The van der Waals surface area contributed by atoms with Crippen molar-refractivity contribution in [3.8, 4) is 0 Å². The van der Waals surface area contributed by atoms with Crippen molar-refractivity contribution >= 4 is 5.91 Å². The molecule has 1 atom stereocenters. The number of carbonyl (C=O) groups excluding carboxylic acids is 1. The SMILES string of the molecule is O=NC(=O)/C=C/C1=CCCC([N+](=O)[O-])C1. The fourth-order valence-electron chi connectivity index (χ4n) is 1.44. The van der Waals surface area contributed by atoms with E-state index in [1.165, 1.54) is 6.08 Å². The van der Waals surface area contributed by atoms with Crippen molar-refractivity contribution in [3.63, 3.8) is 0 Å². The van der Waals surface area contributed by atoms with Gasteiger partial charge in [-0.1, -0.05) is 12.2 Å². The second-order valence-electron chi connectivity index (χ2n) is 3.26. The Balaban J connectivity index is 2.60. The third-order valence-electron chi connectivity index (χ3n) is 2.21. The van der Waals surface area contributed by atoms with E-state index < -0.39 is 11.9 Å². The molecule has 1 rings (SSSR count). The van der Waals surface area contributed by atoms with Crippen LogP contribution in [0.25, 0.3) is 0 Å². The Bertz CT molecular complexity index is 346. The minimum Gasteiger partial charge on any atom is -0.264 e. The molecular weight excluding hydrogens is 200 g/mol. The predicted octanol–water partition coefficient (Wildman–Crippen LogP) is 1.59. The fourth-order valence-corrected chi connectivity index (χ4v) is 1.44. The van der Waals surface area contributed by atoms with E-state index in [4.69, 9.17) is 0 Å². The van der Waals surface area contributed by atoms with Crippen LogP contribution >= 0.6 is 0 Å². The number of rotatable bonds is 3. The summed E-state index contributed by atoms with van der Waals surface area (Å²) in [6, 6.07) is -0.589. The summed E-state index contributed by atoms with van der Waals surface area (Å²) in [6.07, 6.45) is 5.71. The largest absolute Gasteiger partial charge is 0.309 e. The minimum atomic E-state index is -0.876. The molecule has 0 saturated heterocycles. The molecule has 0 fully saturated rings. The summed E-state index contributed by atoms with van der Waals surface area (Å²) >= 11 is 0. The number of nitroso groups, excluding NO2 is 1. The van der Waals surface area contributed by atoms with Gasteiger partial charge in [0.05, 0.1) is 0 Å². The molecule has 80 valence electrons. The highest BCUT2D eigenvalue weighted by molar-refractivity contribution is 5.88. The molecule has 1 amide bonds. The minimum absolute atomic E-state index is 0.301. The van der Waals surface area contributed by atoms with Crippen molar-refractivity contribution in [3.05, 3.63) is 38.8 Å². The zero-order valence-electron chi connectivity index (χ0n) is 7.96. The smallest absolute Gasteiger partial charge is 0.264 e. The number of carbonyl (C=O) groups is 1. The van der Waals surface area contributed by atoms with E-state index in [9.17, 15) is 19.8 Å². The summed E-state index contributed by atoms with van der Waals surface area (Å²) in [6.45, 7) is 0. The Morgan fingerprint density at radius 2 is 2.40 bits per heavy atom. The van der Waals surface area contributed by atoms with Crippen LogP contribution in [0.5, 0.6) is 0 Å². The third-order valence-corrected chi connectivity index (χ3v) is 2.21. The summed E-state index contributed by atoms with van der Waals surface area (Å²) in [5.74, 6) is -0.876. The summed E-state index contributed by atoms with van der Waals surface area (Å²) in [7, 11) is 0. The van der Waals surface area contributed by atoms with Crippen LogP contribution < -0.4 is 0 Å².